The molecule has 0 fully saturated rings. The summed E-state index contributed by atoms with van der Waals surface area (Å²) < 4.78 is 0. The Morgan fingerprint density at radius 3 is 2.74 bits per heavy atom. The molecule has 0 unspecified atom stereocenters. The van der Waals surface area contributed by atoms with Gasteiger partial charge in [-0.1, -0.05) is 12.1 Å². The molecule has 1 aliphatic rings. The molecular formula is C14H13N5. The summed E-state index contributed by atoms with van der Waals surface area (Å²) in [6.45, 7) is 1.71. The minimum absolute atomic E-state index is 0.390. The number of likely N-dealkylation sites (N-methyl/N-ethyl adjacent to an activating group) is 1. The van der Waals surface area contributed by atoms with E-state index in [1.807, 2.05) is 18.2 Å². The first kappa shape index (κ1) is 11.5. The standard InChI is InChI=1S/C14H13N5/c1-18-8-9-19(13-5-3-2-4-12(13)18)14-16-7-6-11(10-15)17-14/h2-7H,8-9H2,1H3. The molecule has 0 saturated heterocycles. The van der Waals surface area contributed by atoms with Crippen molar-refractivity contribution in [3.05, 3.63) is 42.2 Å². The number of hydrogen-bond donors (Lipinski definition) is 0. The Bertz CT molecular complexity index is 646. The van der Waals surface area contributed by atoms with Crippen LogP contribution in [0.15, 0.2) is 36.5 Å². The number of anilines is 3. The molecule has 5 nitrogen and oxygen atoms in total. The summed E-state index contributed by atoms with van der Waals surface area (Å²) in [6.07, 6.45) is 1.63. The number of aromatic nitrogens is 2. The molecule has 19 heavy (non-hydrogen) atoms. The molecule has 5 heteroatoms. The van der Waals surface area contributed by atoms with E-state index >= 15 is 0 Å². The fourth-order valence-corrected chi connectivity index (χ4v) is 2.25. The van der Waals surface area contributed by atoms with Crippen LogP contribution < -0.4 is 9.80 Å². The smallest absolute Gasteiger partial charge is 0.231 e. The molecule has 0 radical (unpaired) electrons. The first-order valence-corrected chi connectivity index (χ1v) is 6.10. The van der Waals surface area contributed by atoms with Crippen molar-refractivity contribution in [2.75, 3.05) is 29.9 Å². The minimum Gasteiger partial charge on any atom is -0.371 e. The van der Waals surface area contributed by atoms with Gasteiger partial charge in [0.1, 0.15) is 11.8 Å². The number of nitrogens with zero attached hydrogens (tertiary/aromatic N) is 5. The number of rotatable bonds is 1. The second-order valence-corrected chi connectivity index (χ2v) is 4.42. The van der Waals surface area contributed by atoms with Gasteiger partial charge in [0.05, 0.1) is 11.4 Å². The van der Waals surface area contributed by atoms with Crippen molar-refractivity contribution >= 4 is 17.3 Å². The Morgan fingerprint density at radius 1 is 1.16 bits per heavy atom. The van der Waals surface area contributed by atoms with E-state index in [0.717, 1.165) is 24.5 Å². The summed E-state index contributed by atoms with van der Waals surface area (Å²) in [5.41, 5.74) is 2.62. The summed E-state index contributed by atoms with van der Waals surface area (Å²) >= 11 is 0. The van der Waals surface area contributed by atoms with E-state index in [0.29, 0.717) is 11.6 Å². The van der Waals surface area contributed by atoms with Crippen LogP contribution in [0.1, 0.15) is 5.69 Å². The molecule has 1 aromatic heterocycles. The minimum atomic E-state index is 0.390. The maximum absolute atomic E-state index is 8.93. The second kappa shape index (κ2) is 4.58. The van der Waals surface area contributed by atoms with Crippen LogP contribution in [-0.4, -0.2) is 30.1 Å². The van der Waals surface area contributed by atoms with Crippen LogP contribution in [0.2, 0.25) is 0 Å². The highest BCUT2D eigenvalue weighted by molar-refractivity contribution is 5.77. The van der Waals surface area contributed by atoms with Gasteiger partial charge in [-0.15, -0.1) is 0 Å². The summed E-state index contributed by atoms with van der Waals surface area (Å²) in [7, 11) is 2.07. The van der Waals surface area contributed by atoms with Crippen molar-refractivity contribution in [3.8, 4) is 6.07 Å². The van der Waals surface area contributed by atoms with Crippen LogP contribution >= 0.6 is 0 Å². The molecule has 0 amide bonds. The SMILES string of the molecule is CN1CCN(c2nccc(C#N)n2)c2ccccc21. The lowest BCUT2D eigenvalue weighted by Crippen LogP contribution is -2.37. The number of hydrogen-bond acceptors (Lipinski definition) is 5. The molecule has 2 heterocycles. The fourth-order valence-electron chi connectivity index (χ4n) is 2.25. The van der Waals surface area contributed by atoms with Gasteiger partial charge in [0.2, 0.25) is 5.95 Å². The van der Waals surface area contributed by atoms with Gasteiger partial charge in [0.15, 0.2) is 0 Å². The molecule has 0 N–H and O–H groups in total. The molecule has 0 bridgehead atoms. The molecule has 94 valence electrons. The van der Waals surface area contributed by atoms with Gasteiger partial charge in [0.25, 0.3) is 0 Å². The average molecular weight is 251 g/mol. The Morgan fingerprint density at radius 2 is 1.95 bits per heavy atom. The topological polar surface area (TPSA) is 56.0 Å². The van der Waals surface area contributed by atoms with Crippen LogP contribution in [0.4, 0.5) is 17.3 Å². The van der Waals surface area contributed by atoms with Crippen molar-refractivity contribution in [1.29, 1.82) is 5.26 Å². The quantitative estimate of drug-likeness (QED) is 0.775. The predicted molar refractivity (Wildman–Crippen MR) is 73.5 cm³/mol. The second-order valence-electron chi connectivity index (χ2n) is 4.42. The lowest BCUT2D eigenvalue weighted by Gasteiger charge is -2.35. The van der Waals surface area contributed by atoms with E-state index < -0.39 is 0 Å². The Kier molecular flexibility index (Phi) is 2.76. The lowest BCUT2D eigenvalue weighted by atomic mass is 10.2. The summed E-state index contributed by atoms with van der Waals surface area (Å²) in [5.74, 6) is 0.583. The number of nitriles is 1. The Labute approximate surface area is 111 Å². The molecule has 3 rings (SSSR count). The zero-order valence-electron chi connectivity index (χ0n) is 10.6. The normalized spacial score (nSPS) is 13.9. The van der Waals surface area contributed by atoms with Gasteiger partial charge < -0.3 is 9.80 Å². The molecule has 1 aromatic carbocycles. The highest BCUT2D eigenvalue weighted by Gasteiger charge is 2.22. The van der Waals surface area contributed by atoms with Gasteiger partial charge >= 0.3 is 0 Å². The first-order chi connectivity index (χ1) is 9.29. The van der Waals surface area contributed by atoms with Crippen molar-refractivity contribution in [3.63, 3.8) is 0 Å². The van der Waals surface area contributed by atoms with Gasteiger partial charge in [-0.3, -0.25) is 0 Å². The maximum atomic E-state index is 8.93. The van der Waals surface area contributed by atoms with Gasteiger partial charge in [-0.05, 0) is 18.2 Å². The summed E-state index contributed by atoms with van der Waals surface area (Å²) in [5, 5.41) is 8.93. The maximum Gasteiger partial charge on any atom is 0.231 e. The summed E-state index contributed by atoms with van der Waals surface area (Å²) in [4.78, 5) is 12.8. The summed E-state index contributed by atoms with van der Waals surface area (Å²) in [6, 6.07) is 11.8. The zero-order valence-corrected chi connectivity index (χ0v) is 10.6. The van der Waals surface area contributed by atoms with Gasteiger partial charge in [-0.2, -0.15) is 5.26 Å². The lowest BCUT2D eigenvalue weighted by molar-refractivity contribution is 0.800. The zero-order chi connectivity index (χ0) is 13.2. The van der Waals surface area contributed by atoms with Gasteiger partial charge in [0, 0.05) is 26.3 Å². The largest absolute Gasteiger partial charge is 0.371 e. The van der Waals surface area contributed by atoms with E-state index in [1.54, 1.807) is 12.3 Å². The van der Waals surface area contributed by atoms with Crippen LogP contribution in [0.3, 0.4) is 0 Å². The molecule has 1 aliphatic heterocycles. The van der Waals surface area contributed by atoms with E-state index in [-0.39, 0.29) is 0 Å². The van der Waals surface area contributed by atoms with Crippen LogP contribution in [-0.2, 0) is 0 Å². The van der Waals surface area contributed by atoms with E-state index in [1.165, 1.54) is 0 Å². The molecular weight excluding hydrogens is 238 g/mol. The van der Waals surface area contributed by atoms with Crippen LogP contribution in [0.25, 0.3) is 0 Å². The Hall–Kier alpha value is -2.61. The third-order valence-electron chi connectivity index (χ3n) is 3.24. The van der Waals surface area contributed by atoms with Crippen LogP contribution in [0, 0.1) is 11.3 Å². The number of para-hydroxylation sites is 2. The highest BCUT2D eigenvalue weighted by Crippen LogP contribution is 2.35. The fraction of sp³-hybridized carbons (Fsp3) is 0.214. The Balaban J connectivity index is 2.07. The van der Waals surface area contributed by atoms with Crippen LogP contribution in [0.5, 0.6) is 0 Å². The van der Waals surface area contributed by atoms with Crippen molar-refractivity contribution in [1.82, 2.24) is 9.97 Å². The molecule has 0 atom stereocenters. The third-order valence-corrected chi connectivity index (χ3v) is 3.24. The number of benzene rings is 1. The van der Waals surface area contributed by atoms with Crippen molar-refractivity contribution in [2.45, 2.75) is 0 Å². The molecule has 2 aromatic rings. The van der Waals surface area contributed by atoms with Crippen molar-refractivity contribution in [2.24, 2.45) is 0 Å². The number of fused-ring (bicyclic) bond motifs is 1. The highest BCUT2D eigenvalue weighted by atomic mass is 15.3. The average Bonchev–Trinajstić information content (AvgIpc) is 2.48. The first-order valence-electron chi connectivity index (χ1n) is 6.10. The van der Waals surface area contributed by atoms with E-state index in [2.05, 4.69) is 39.0 Å². The van der Waals surface area contributed by atoms with Crippen molar-refractivity contribution < 1.29 is 0 Å². The van der Waals surface area contributed by atoms with E-state index in [4.69, 9.17) is 5.26 Å². The monoisotopic (exact) mass is 251 g/mol. The molecule has 0 aliphatic carbocycles. The van der Waals surface area contributed by atoms with E-state index in [9.17, 15) is 0 Å². The predicted octanol–water partition coefficient (Wildman–Crippen LogP) is 1.94. The molecule has 0 saturated carbocycles. The van der Waals surface area contributed by atoms with Gasteiger partial charge in [-0.25, -0.2) is 9.97 Å². The molecule has 0 spiro atoms. The third kappa shape index (κ3) is 1.97.